The second-order valence-corrected chi connectivity index (χ2v) is 19.4. The van der Waals surface area contributed by atoms with Crippen LogP contribution in [0.1, 0.15) is 193 Å². The Labute approximate surface area is 245 Å². The van der Waals surface area contributed by atoms with E-state index in [4.69, 9.17) is 11.1 Å². The number of carbonyl (C=O) groups excluding carboxylic acids is 1. The van der Waals surface area contributed by atoms with E-state index >= 15 is 0 Å². The first-order chi connectivity index (χ1) is 18.5. The number of halogens is 1. The Bertz CT molecular complexity index is 515. The molecule has 0 rings (SSSR count). The predicted molar refractivity (Wildman–Crippen MR) is 175 cm³/mol. The van der Waals surface area contributed by atoms with Crippen LogP contribution >= 0.6 is 11.1 Å². The lowest BCUT2D eigenvalue weighted by Gasteiger charge is -2.20. The first-order valence-corrected chi connectivity index (χ1v) is 21.4. The van der Waals surface area contributed by atoms with Gasteiger partial charge in [0.1, 0.15) is 0 Å². The van der Waals surface area contributed by atoms with Crippen molar-refractivity contribution < 1.29 is 4.79 Å². The smallest absolute Gasteiger partial charge is 0.211 e. The monoisotopic (exact) mass is 569 g/mol. The molecule has 4 heteroatoms. The summed E-state index contributed by atoms with van der Waals surface area (Å²) in [6.07, 6.45) is 42.5. The predicted octanol–water partition coefficient (Wildman–Crippen LogP) is 13.0. The standard InChI is InChI=1S/C34H68ClNOSi/c1-4-5-6-7-8-9-10-11-12-13-14-15-16-17-18-19-20-21-22-23-24-25-26-27-28-29-30-31-32-34(36-33-37)38(2,3)35/h34H,4-32H2,1-3H3. The van der Waals surface area contributed by atoms with E-state index in [0.29, 0.717) is 0 Å². The van der Waals surface area contributed by atoms with E-state index < -0.39 is 7.38 Å². The normalized spacial score (nSPS) is 12.5. The van der Waals surface area contributed by atoms with E-state index in [2.05, 4.69) is 25.0 Å². The van der Waals surface area contributed by atoms with Gasteiger partial charge in [0.25, 0.3) is 0 Å². The number of rotatable bonds is 31. The number of hydrogen-bond acceptors (Lipinski definition) is 2. The first kappa shape index (κ1) is 37.9. The highest BCUT2D eigenvalue weighted by Crippen LogP contribution is 2.22. The summed E-state index contributed by atoms with van der Waals surface area (Å²) in [6, 6.07) is 0. The maximum absolute atomic E-state index is 10.6. The van der Waals surface area contributed by atoms with Crippen LogP contribution < -0.4 is 0 Å². The summed E-state index contributed by atoms with van der Waals surface area (Å²) >= 11 is 6.46. The Kier molecular flexibility index (Phi) is 29.8. The van der Waals surface area contributed by atoms with Crippen LogP contribution in [0.25, 0.3) is 0 Å². The molecule has 0 saturated heterocycles. The molecular formula is C34H68ClNOSi. The molecule has 38 heavy (non-hydrogen) atoms. The highest BCUT2D eigenvalue weighted by atomic mass is 35.6. The van der Waals surface area contributed by atoms with Crippen molar-refractivity contribution in [3.05, 3.63) is 0 Å². The highest BCUT2D eigenvalue weighted by Gasteiger charge is 2.29. The minimum atomic E-state index is -1.89. The van der Waals surface area contributed by atoms with Crippen LogP contribution in [-0.2, 0) is 4.79 Å². The molecule has 1 unspecified atom stereocenters. The molecule has 0 bridgehead atoms. The van der Waals surface area contributed by atoms with Crippen LogP contribution in [-0.4, -0.2) is 19.1 Å². The average molecular weight is 570 g/mol. The lowest BCUT2D eigenvalue weighted by Crippen LogP contribution is -2.34. The van der Waals surface area contributed by atoms with Gasteiger partial charge in [-0.05, 0) is 6.42 Å². The summed E-state index contributed by atoms with van der Waals surface area (Å²) in [5.74, 6) is 0. The molecule has 0 saturated carbocycles. The molecule has 0 aliphatic heterocycles. The molecular weight excluding hydrogens is 502 g/mol. The fourth-order valence-electron chi connectivity index (χ4n) is 5.63. The molecule has 226 valence electrons. The van der Waals surface area contributed by atoms with Crippen LogP contribution in [0.4, 0.5) is 0 Å². The number of hydrogen-bond donors (Lipinski definition) is 0. The lowest BCUT2D eigenvalue weighted by molar-refractivity contribution is 0.513. The van der Waals surface area contributed by atoms with Gasteiger partial charge in [0.2, 0.25) is 6.08 Å². The Morgan fingerprint density at radius 3 is 0.947 bits per heavy atom. The maximum atomic E-state index is 10.6. The van der Waals surface area contributed by atoms with Gasteiger partial charge in [0, 0.05) is 0 Å². The van der Waals surface area contributed by atoms with Crippen LogP contribution in [0.5, 0.6) is 0 Å². The molecule has 0 fully saturated rings. The second kappa shape index (κ2) is 29.9. The second-order valence-electron chi connectivity index (χ2n) is 12.6. The SMILES string of the molecule is CCCCCCCCCCCCCCCCCCCCCCCCCCCCCCC(N=C=O)[Si](C)(C)Cl. The molecule has 0 aromatic heterocycles. The van der Waals surface area contributed by atoms with Crippen molar-refractivity contribution in [3.8, 4) is 0 Å². The molecule has 0 aromatic rings. The van der Waals surface area contributed by atoms with Crippen molar-refractivity contribution in [2.24, 2.45) is 4.99 Å². The Morgan fingerprint density at radius 2 is 0.737 bits per heavy atom. The zero-order chi connectivity index (χ0) is 28.0. The van der Waals surface area contributed by atoms with Crippen molar-refractivity contribution in [3.63, 3.8) is 0 Å². The molecule has 0 heterocycles. The number of isocyanates is 1. The third kappa shape index (κ3) is 28.9. The average Bonchev–Trinajstić information content (AvgIpc) is 2.89. The van der Waals surface area contributed by atoms with Crippen molar-refractivity contribution in [2.45, 2.75) is 212 Å². The van der Waals surface area contributed by atoms with Crippen LogP contribution in [0.3, 0.4) is 0 Å². The molecule has 2 nitrogen and oxygen atoms in total. The van der Waals surface area contributed by atoms with Crippen molar-refractivity contribution in [1.29, 1.82) is 0 Å². The van der Waals surface area contributed by atoms with Crippen molar-refractivity contribution in [2.75, 3.05) is 0 Å². The maximum Gasteiger partial charge on any atom is 0.234 e. The largest absolute Gasteiger partial charge is 0.234 e. The van der Waals surface area contributed by atoms with Gasteiger partial charge in [-0.15, -0.1) is 0 Å². The summed E-state index contributed by atoms with van der Waals surface area (Å²) in [6.45, 7) is 6.44. The zero-order valence-electron chi connectivity index (χ0n) is 26.3. The third-order valence-electron chi connectivity index (χ3n) is 8.33. The summed E-state index contributed by atoms with van der Waals surface area (Å²) in [5, 5.41) is 0. The summed E-state index contributed by atoms with van der Waals surface area (Å²) in [5.41, 5.74) is 0.0331. The van der Waals surface area contributed by atoms with E-state index in [-0.39, 0.29) is 5.67 Å². The van der Waals surface area contributed by atoms with Gasteiger partial charge in [-0.3, -0.25) is 0 Å². The number of nitrogens with zero attached hydrogens (tertiary/aromatic N) is 1. The minimum absolute atomic E-state index is 0.0331. The quantitative estimate of drug-likeness (QED) is 0.0268. The van der Waals surface area contributed by atoms with Gasteiger partial charge in [-0.25, -0.2) is 9.79 Å². The Balaban J connectivity index is 3.17. The molecule has 0 aliphatic carbocycles. The van der Waals surface area contributed by atoms with E-state index in [1.165, 1.54) is 173 Å². The molecule has 0 radical (unpaired) electrons. The van der Waals surface area contributed by atoms with Crippen molar-refractivity contribution >= 4 is 24.5 Å². The summed E-state index contributed by atoms with van der Waals surface area (Å²) in [4.78, 5) is 14.5. The Hall–Kier alpha value is -0.113. The number of aliphatic imine (C=N–C) groups is 1. The highest BCUT2D eigenvalue weighted by molar-refractivity contribution is 7.19. The summed E-state index contributed by atoms with van der Waals surface area (Å²) < 4.78 is 0. The molecule has 0 aromatic carbocycles. The topological polar surface area (TPSA) is 29.4 Å². The summed E-state index contributed by atoms with van der Waals surface area (Å²) in [7, 11) is -1.89. The van der Waals surface area contributed by atoms with Gasteiger partial charge in [0.05, 0.1) is 5.67 Å². The molecule has 0 N–H and O–H groups in total. The molecule has 0 amide bonds. The molecule has 1 atom stereocenters. The first-order valence-electron chi connectivity index (χ1n) is 17.3. The van der Waals surface area contributed by atoms with Gasteiger partial charge in [-0.1, -0.05) is 200 Å². The third-order valence-corrected chi connectivity index (χ3v) is 11.1. The van der Waals surface area contributed by atoms with E-state index in [1.54, 1.807) is 6.08 Å². The van der Waals surface area contributed by atoms with Gasteiger partial charge < -0.3 is 0 Å². The van der Waals surface area contributed by atoms with E-state index in [0.717, 1.165) is 12.8 Å². The van der Waals surface area contributed by atoms with Gasteiger partial charge >= 0.3 is 0 Å². The zero-order valence-corrected chi connectivity index (χ0v) is 28.1. The minimum Gasteiger partial charge on any atom is -0.211 e. The van der Waals surface area contributed by atoms with Crippen LogP contribution in [0, 0.1) is 0 Å². The van der Waals surface area contributed by atoms with Gasteiger partial charge in [0.15, 0.2) is 7.38 Å². The van der Waals surface area contributed by atoms with Crippen molar-refractivity contribution in [1.82, 2.24) is 0 Å². The Morgan fingerprint density at radius 1 is 0.500 bits per heavy atom. The van der Waals surface area contributed by atoms with E-state index in [9.17, 15) is 4.79 Å². The molecule has 0 aliphatic rings. The van der Waals surface area contributed by atoms with Crippen LogP contribution in [0.15, 0.2) is 4.99 Å². The number of unbranched alkanes of at least 4 members (excludes halogenated alkanes) is 27. The lowest BCUT2D eigenvalue weighted by atomic mass is 10.0. The van der Waals surface area contributed by atoms with E-state index in [1.807, 2.05) is 0 Å². The fraction of sp³-hybridized carbons (Fsp3) is 0.971. The van der Waals surface area contributed by atoms with Gasteiger partial charge in [-0.2, -0.15) is 11.1 Å². The molecule has 0 spiro atoms. The fourth-order valence-corrected chi connectivity index (χ4v) is 7.36. The van der Waals surface area contributed by atoms with Crippen LogP contribution in [0.2, 0.25) is 13.1 Å².